The molecule has 0 heterocycles. The highest BCUT2D eigenvalue weighted by atomic mass is 14.2. The van der Waals surface area contributed by atoms with E-state index in [9.17, 15) is 0 Å². The van der Waals surface area contributed by atoms with Crippen LogP contribution in [0.4, 0.5) is 0 Å². The number of hydrogen-bond acceptors (Lipinski definition) is 0. The summed E-state index contributed by atoms with van der Waals surface area (Å²) in [5.41, 5.74) is 2.81. The molecular formula is C49H30. The largest absolute Gasteiger partial charge is 0.0616 e. The summed E-state index contributed by atoms with van der Waals surface area (Å²) in [4.78, 5) is 0. The molecule has 11 rings (SSSR count). The smallest absolute Gasteiger partial charge is 0.00134 e. The standard InChI is InChI=1S/C49H30/c1-2-13-43-42(12-1)44-20-18-38-28-48(44)49-29-39(19-21-45(43)49)37-15-17-41-25-40-16-14-36(26-46(40)47(41)27-37)34-10-4-8-32(23-34)30-6-3-7-31(22-30)33-9-5-11-35(38)24-33/h1-24,26-29H,25H2. The van der Waals surface area contributed by atoms with E-state index in [4.69, 9.17) is 0 Å². The molecule has 0 aromatic heterocycles. The van der Waals surface area contributed by atoms with Crippen molar-refractivity contribution >= 4 is 97.0 Å². The molecule has 0 saturated heterocycles. The van der Waals surface area contributed by atoms with Crippen molar-refractivity contribution in [3.8, 4) is 0 Å². The lowest BCUT2D eigenvalue weighted by Gasteiger charge is -2.11. The maximum absolute atomic E-state index is 2.43. The van der Waals surface area contributed by atoms with Crippen LogP contribution in [-0.4, -0.2) is 0 Å². The van der Waals surface area contributed by atoms with Gasteiger partial charge < -0.3 is 0 Å². The fraction of sp³-hybridized carbons (Fsp3) is 0.0204. The average Bonchev–Trinajstić information content (AvgIpc) is 3.55. The topological polar surface area (TPSA) is 0 Å². The van der Waals surface area contributed by atoms with Crippen LogP contribution in [0.15, 0.2) is 170 Å². The maximum Gasteiger partial charge on any atom is -0.00134 e. The Morgan fingerprint density at radius 3 is 0.898 bits per heavy atom. The molecule has 14 bridgehead atoms. The molecule has 49 heavy (non-hydrogen) atoms. The predicted molar refractivity (Wildman–Crippen MR) is 213 cm³/mol. The lowest BCUT2D eigenvalue weighted by molar-refractivity contribution is 1.27. The molecule has 0 nitrogen and oxygen atoms in total. The lowest BCUT2D eigenvalue weighted by Crippen LogP contribution is -1.84. The molecule has 0 saturated carbocycles. The first kappa shape index (κ1) is 26.8. The van der Waals surface area contributed by atoms with E-state index < -0.39 is 0 Å². The van der Waals surface area contributed by atoms with Crippen LogP contribution >= 0.6 is 0 Å². The minimum absolute atomic E-state index is 0.981. The summed E-state index contributed by atoms with van der Waals surface area (Å²) in [7, 11) is 0. The maximum atomic E-state index is 2.43. The van der Waals surface area contributed by atoms with Crippen molar-refractivity contribution < 1.29 is 0 Å². The van der Waals surface area contributed by atoms with Gasteiger partial charge in [-0.15, -0.1) is 0 Å². The van der Waals surface area contributed by atoms with E-state index in [-0.39, 0.29) is 0 Å². The summed E-state index contributed by atoms with van der Waals surface area (Å²) in [5.74, 6) is 0. The van der Waals surface area contributed by atoms with E-state index in [2.05, 4.69) is 170 Å². The fourth-order valence-electron chi connectivity index (χ4n) is 8.48. The van der Waals surface area contributed by atoms with Crippen molar-refractivity contribution in [2.45, 2.75) is 6.42 Å². The number of hydrogen-bond donors (Lipinski definition) is 0. The van der Waals surface area contributed by atoms with Gasteiger partial charge in [0.2, 0.25) is 0 Å². The van der Waals surface area contributed by atoms with Gasteiger partial charge in [0, 0.05) is 0 Å². The zero-order chi connectivity index (χ0) is 32.1. The monoisotopic (exact) mass is 618 g/mol. The molecule has 0 aliphatic heterocycles. The molecule has 0 spiro atoms. The van der Waals surface area contributed by atoms with E-state index in [0.717, 1.165) is 6.42 Å². The van der Waals surface area contributed by atoms with Gasteiger partial charge in [-0.1, -0.05) is 127 Å². The third kappa shape index (κ3) is 4.11. The Bertz CT molecular complexity index is 3180. The molecule has 0 atom stereocenters. The van der Waals surface area contributed by atoms with E-state index in [1.165, 1.54) is 108 Å². The summed E-state index contributed by atoms with van der Waals surface area (Å²) in [6, 6.07) is 64.2. The predicted octanol–water partition coefficient (Wildman–Crippen LogP) is 13.7. The Balaban J connectivity index is 1.36. The molecule has 1 aliphatic carbocycles. The Morgan fingerprint density at radius 2 is 0.510 bits per heavy atom. The van der Waals surface area contributed by atoms with Gasteiger partial charge in [-0.05, 0) is 157 Å². The third-order valence-corrected chi connectivity index (χ3v) is 11.0. The number of rotatable bonds is 0. The first-order valence-electron chi connectivity index (χ1n) is 17.2. The Kier molecular flexibility index (Phi) is 5.54. The SMILES string of the molecule is c1cc2cc(c1)c1cccc(c1)c1ccc3c4ccccc4c4ccc(cc4c3c1)c1ccc3c(c1)c1cc(ccc1C3)c1cccc2c1. The fourth-order valence-corrected chi connectivity index (χ4v) is 8.48. The molecule has 0 heteroatoms. The molecule has 0 fully saturated rings. The summed E-state index contributed by atoms with van der Waals surface area (Å²) in [6.45, 7) is 0. The van der Waals surface area contributed by atoms with Crippen LogP contribution in [0.1, 0.15) is 11.1 Å². The van der Waals surface area contributed by atoms with Gasteiger partial charge in [-0.2, -0.15) is 0 Å². The zero-order valence-corrected chi connectivity index (χ0v) is 26.9. The molecule has 226 valence electrons. The van der Waals surface area contributed by atoms with Crippen LogP contribution in [0.25, 0.3) is 97.0 Å². The first-order valence-corrected chi connectivity index (χ1v) is 17.2. The first-order chi connectivity index (χ1) is 24.2. The van der Waals surface area contributed by atoms with E-state index in [1.54, 1.807) is 0 Å². The van der Waals surface area contributed by atoms with Crippen molar-refractivity contribution in [3.63, 3.8) is 0 Å². The highest BCUT2D eigenvalue weighted by molar-refractivity contribution is 6.27. The molecule has 0 amide bonds. The Morgan fingerprint density at radius 1 is 0.204 bits per heavy atom. The average molecular weight is 619 g/mol. The Hall–Kier alpha value is -6.24. The number of benzene rings is 9. The molecular weight excluding hydrogens is 589 g/mol. The van der Waals surface area contributed by atoms with Gasteiger partial charge >= 0.3 is 0 Å². The second kappa shape index (κ2) is 10.1. The highest BCUT2D eigenvalue weighted by Crippen LogP contribution is 2.39. The summed E-state index contributed by atoms with van der Waals surface area (Å²) in [5, 5.41) is 22.9. The molecule has 10 aromatic rings. The Labute approximate surface area is 283 Å². The molecule has 1 aliphatic rings. The normalized spacial score (nSPS) is 12.4. The van der Waals surface area contributed by atoms with E-state index in [0.29, 0.717) is 0 Å². The minimum Gasteiger partial charge on any atom is -0.0616 e. The molecule has 0 radical (unpaired) electrons. The van der Waals surface area contributed by atoms with Gasteiger partial charge in [0.25, 0.3) is 0 Å². The van der Waals surface area contributed by atoms with Crippen molar-refractivity contribution in [2.24, 2.45) is 0 Å². The molecule has 0 unspecified atom stereocenters. The molecule has 10 aromatic carbocycles. The number of fused-ring (bicyclic) bond motifs is 18. The van der Waals surface area contributed by atoms with Crippen molar-refractivity contribution in [1.29, 1.82) is 0 Å². The van der Waals surface area contributed by atoms with Crippen molar-refractivity contribution in [2.75, 3.05) is 0 Å². The van der Waals surface area contributed by atoms with Crippen LogP contribution in [0.5, 0.6) is 0 Å². The van der Waals surface area contributed by atoms with Gasteiger partial charge in [-0.3, -0.25) is 0 Å². The van der Waals surface area contributed by atoms with Crippen molar-refractivity contribution in [3.05, 3.63) is 181 Å². The van der Waals surface area contributed by atoms with Gasteiger partial charge in [0.15, 0.2) is 0 Å². The second-order valence-electron chi connectivity index (χ2n) is 13.7. The van der Waals surface area contributed by atoms with Gasteiger partial charge in [-0.25, -0.2) is 0 Å². The van der Waals surface area contributed by atoms with Crippen LogP contribution < -0.4 is 0 Å². The quantitative estimate of drug-likeness (QED) is 0.148. The van der Waals surface area contributed by atoms with Crippen LogP contribution in [-0.2, 0) is 6.42 Å². The molecule has 0 N–H and O–H groups in total. The van der Waals surface area contributed by atoms with E-state index >= 15 is 0 Å². The summed E-state index contributed by atoms with van der Waals surface area (Å²) < 4.78 is 0. The highest BCUT2D eigenvalue weighted by Gasteiger charge is 2.14. The van der Waals surface area contributed by atoms with Crippen LogP contribution in [0.2, 0.25) is 0 Å². The van der Waals surface area contributed by atoms with Crippen LogP contribution in [0.3, 0.4) is 0 Å². The lowest BCUT2D eigenvalue weighted by atomic mass is 9.92. The van der Waals surface area contributed by atoms with E-state index in [1.807, 2.05) is 0 Å². The second-order valence-corrected chi connectivity index (χ2v) is 13.7. The third-order valence-electron chi connectivity index (χ3n) is 11.0. The van der Waals surface area contributed by atoms with Crippen molar-refractivity contribution in [1.82, 2.24) is 0 Å². The van der Waals surface area contributed by atoms with Gasteiger partial charge in [0.05, 0.1) is 0 Å². The summed E-state index contributed by atoms with van der Waals surface area (Å²) in [6.07, 6.45) is 0.981. The zero-order valence-electron chi connectivity index (χ0n) is 26.9. The van der Waals surface area contributed by atoms with Gasteiger partial charge in [0.1, 0.15) is 0 Å². The summed E-state index contributed by atoms with van der Waals surface area (Å²) >= 11 is 0. The van der Waals surface area contributed by atoms with Crippen LogP contribution in [0, 0.1) is 0 Å². The minimum atomic E-state index is 0.981.